The third kappa shape index (κ3) is 3.13. The average Bonchev–Trinajstić information content (AvgIpc) is 2.09. The van der Waals surface area contributed by atoms with Crippen LogP contribution in [0.4, 0.5) is 0 Å². The second-order valence-electron chi connectivity index (χ2n) is 3.46. The molecule has 0 unspecified atom stereocenters. The minimum Gasteiger partial charge on any atom is -0.304 e. The third-order valence-corrected chi connectivity index (χ3v) is 2.61. The first-order chi connectivity index (χ1) is 5.72. The molecule has 1 aliphatic rings. The molecule has 0 aromatic carbocycles. The highest BCUT2D eigenvalue weighted by atomic mass is 35.5. The van der Waals surface area contributed by atoms with E-state index in [9.17, 15) is 0 Å². The van der Waals surface area contributed by atoms with Crippen molar-refractivity contribution in [2.24, 2.45) is 0 Å². The molecule has 1 saturated heterocycles. The number of hydrogen-bond donors (Lipinski definition) is 0. The summed E-state index contributed by atoms with van der Waals surface area (Å²) in [6, 6.07) is 0. The van der Waals surface area contributed by atoms with E-state index in [-0.39, 0.29) is 0 Å². The van der Waals surface area contributed by atoms with Gasteiger partial charge in [0.2, 0.25) is 0 Å². The standard InChI is InChI=1S/C9H17ClN2/c1-9(7-10)8-12-5-3-11(2)4-6-12/h1,3-8H2,2H3. The Hall–Kier alpha value is -0.0500. The summed E-state index contributed by atoms with van der Waals surface area (Å²) in [5, 5.41) is 0. The fraction of sp³-hybridized carbons (Fsp3) is 0.778. The van der Waals surface area contributed by atoms with Gasteiger partial charge in [-0.3, -0.25) is 4.90 Å². The molecule has 0 saturated carbocycles. The summed E-state index contributed by atoms with van der Waals surface area (Å²) < 4.78 is 0. The molecule has 1 aliphatic heterocycles. The van der Waals surface area contributed by atoms with Crippen molar-refractivity contribution in [1.29, 1.82) is 0 Å². The van der Waals surface area contributed by atoms with Gasteiger partial charge < -0.3 is 4.90 Å². The van der Waals surface area contributed by atoms with Crippen LogP contribution in [0.1, 0.15) is 0 Å². The molecule has 0 aromatic heterocycles. The van der Waals surface area contributed by atoms with E-state index in [4.69, 9.17) is 11.6 Å². The van der Waals surface area contributed by atoms with E-state index in [1.54, 1.807) is 0 Å². The molecule has 0 radical (unpaired) electrons. The lowest BCUT2D eigenvalue weighted by molar-refractivity contribution is 0.164. The summed E-state index contributed by atoms with van der Waals surface area (Å²) in [4.78, 5) is 4.75. The second kappa shape index (κ2) is 4.85. The summed E-state index contributed by atoms with van der Waals surface area (Å²) in [5.41, 5.74) is 1.13. The van der Waals surface area contributed by atoms with Crippen molar-refractivity contribution in [3.05, 3.63) is 12.2 Å². The van der Waals surface area contributed by atoms with Gasteiger partial charge in [0, 0.05) is 38.6 Å². The highest BCUT2D eigenvalue weighted by Gasteiger charge is 2.13. The van der Waals surface area contributed by atoms with Crippen molar-refractivity contribution < 1.29 is 0 Å². The van der Waals surface area contributed by atoms with Crippen molar-refractivity contribution in [1.82, 2.24) is 9.80 Å². The lowest BCUT2D eigenvalue weighted by Gasteiger charge is -2.32. The highest BCUT2D eigenvalue weighted by molar-refractivity contribution is 6.19. The van der Waals surface area contributed by atoms with E-state index in [1.165, 1.54) is 0 Å². The minimum absolute atomic E-state index is 0.590. The molecule has 2 nitrogen and oxygen atoms in total. The molecule has 1 heterocycles. The van der Waals surface area contributed by atoms with E-state index in [2.05, 4.69) is 23.4 Å². The van der Waals surface area contributed by atoms with E-state index in [1.807, 2.05) is 0 Å². The smallest absolute Gasteiger partial charge is 0.0443 e. The number of nitrogens with zero attached hydrogens (tertiary/aromatic N) is 2. The number of halogens is 1. The molecule has 0 spiro atoms. The molecule has 70 valence electrons. The molecule has 3 heteroatoms. The molecule has 0 bridgehead atoms. The van der Waals surface area contributed by atoms with Crippen LogP contribution < -0.4 is 0 Å². The molecule has 0 aliphatic carbocycles. The van der Waals surface area contributed by atoms with Crippen molar-refractivity contribution in [2.75, 3.05) is 45.7 Å². The van der Waals surface area contributed by atoms with Gasteiger partial charge in [-0.25, -0.2) is 0 Å². The number of alkyl halides is 1. The zero-order valence-corrected chi connectivity index (χ0v) is 8.48. The maximum Gasteiger partial charge on any atom is 0.0443 e. The molecular weight excluding hydrogens is 172 g/mol. The Bertz CT molecular complexity index is 151. The summed E-state index contributed by atoms with van der Waals surface area (Å²) in [5.74, 6) is 0.590. The zero-order valence-electron chi connectivity index (χ0n) is 7.72. The SMILES string of the molecule is C=C(CCl)CN1CCN(C)CC1. The van der Waals surface area contributed by atoms with Crippen LogP contribution in [-0.2, 0) is 0 Å². The number of piperazine rings is 1. The number of hydrogen-bond acceptors (Lipinski definition) is 2. The van der Waals surface area contributed by atoms with Crippen molar-refractivity contribution in [3.63, 3.8) is 0 Å². The van der Waals surface area contributed by atoms with Crippen molar-refractivity contribution in [3.8, 4) is 0 Å². The molecule has 12 heavy (non-hydrogen) atoms. The van der Waals surface area contributed by atoms with Crippen molar-refractivity contribution in [2.45, 2.75) is 0 Å². The predicted molar refractivity (Wildman–Crippen MR) is 53.8 cm³/mol. The van der Waals surface area contributed by atoms with Gasteiger partial charge in [-0.15, -0.1) is 11.6 Å². The number of likely N-dealkylation sites (N-methyl/N-ethyl adjacent to an activating group) is 1. The van der Waals surface area contributed by atoms with E-state index >= 15 is 0 Å². The lowest BCUT2D eigenvalue weighted by atomic mass is 10.2. The Kier molecular flexibility index (Phi) is 4.06. The summed E-state index contributed by atoms with van der Waals surface area (Å²) in [7, 11) is 2.16. The van der Waals surface area contributed by atoms with Crippen LogP contribution in [0.25, 0.3) is 0 Å². The molecular formula is C9H17ClN2. The van der Waals surface area contributed by atoms with Gasteiger partial charge in [-0.05, 0) is 12.6 Å². The molecule has 0 amide bonds. The fourth-order valence-electron chi connectivity index (χ4n) is 1.36. The quantitative estimate of drug-likeness (QED) is 0.482. The second-order valence-corrected chi connectivity index (χ2v) is 3.73. The van der Waals surface area contributed by atoms with Crippen LogP contribution in [0, 0.1) is 0 Å². The molecule has 1 fully saturated rings. The summed E-state index contributed by atoms with van der Waals surface area (Å²) in [6.45, 7) is 9.48. The van der Waals surface area contributed by atoms with Crippen LogP contribution >= 0.6 is 11.6 Å². The molecule has 0 aromatic rings. The van der Waals surface area contributed by atoms with Crippen LogP contribution in [0.2, 0.25) is 0 Å². The predicted octanol–water partition coefficient (Wildman–Crippen LogP) is 1.03. The summed E-state index contributed by atoms with van der Waals surface area (Å²) in [6.07, 6.45) is 0. The first kappa shape index (κ1) is 10.0. The van der Waals surface area contributed by atoms with Gasteiger partial charge in [0.05, 0.1) is 0 Å². The van der Waals surface area contributed by atoms with Crippen LogP contribution in [-0.4, -0.2) is 55.5 Å². The van der Waals surface area contributed by atoms with Gasteiger partial charge >= 0.3 is 0 Å². The largest absolute Gasteiger partial charge is 0.304 e. The van der Waals surface area contributed by atoms with Crippen LogP contribution in [0.5, 0.6) is 0 Å². The Morgan fingerprint density at radius 2 is 1.92 bits per heavy atom. The van der Waals surface area contributed by atoms with Gasteiger partial charge in [-0.2, -0.15) is 0 Å². The average molecular weight is 189 g/mol. The normalized spacial score (nSPS) is 21.2. The Labute approximate surface area is 79.8 Å². The third-order valence-electron chi connectivity index (χ3n) is 2.23. The van der Waals surface area contributed by atoms with Gasteiger partial charge in [-0.1, -0.05) is 6.58 Å². The van der Waals surface area contributed by atoms with E-state index < -0.39 is 0 Å². The van der Waals surface area contributed by atoms with E-state index in [0.717, 1.165) is 38.3 Å². The first-order valence-corrected chi connectivity index (χ1v) is 4.89. The fourth-order valence-corrected chi connectivity index (χ4v) is 1.45. The maximum absolute atomic E-state index is 5.66. The van der Waals surface area contributed by atoms with Gasteiger partial charge in [0.15, 0.2) is 0 Å². The topological polar surface area (TPSA) is 6.48 Å². The van der Waals surface area contributed by atoms with E-state index in [0.29, 0.717) is 5.88 Å². The molecule has 0 N–H and O–H groups in total. The highest BCUT2D eigenvalue weighted by Crippen LogP contribution is 2.03. The minimum atomic E-state index is 0.590. The van der Waals surface area contributed by atoms with Gasteiger partial charge in [0.1, 0.15) is 0 Å². The van der Waals surface area contributed by atoms with Gasteiger partial charge in [0.25, 0.3) is 0 Å². The number of rotatable bonds is 3. The Balaban J connectivity index is 2.21. The molecule has 1 rings (SSSR count). The summed E-state index contributed by atoms with van der Waals surface area (Å²) >= 11 is 5.66. The first-order valence-electron chi connectivity index (χ1n) is 4.36. The van der Waals surface area contributed by atoms with Crippen LogP contribution in [0.3, 0.4) is 0 Å². The maximum atomic E-state index is 5.66. The molecule has 0 atom stereocenters. The lowest BCUT2D eigenvalue weighted by Crippen LogP contribution is -2.45. The Morgan fingerprint density at radius 3 is 2.42 bits per heavy atom. The zero-order chi connectivity index (χ0) is 8.97. The van der Waals surface area contributed by atoms with Crippen LogP contribution in [0.15, 0.2) is 12.2 Å². The Morgan fingerprint density at radius 1 is 1.33 bits per heavy atom. The monoisotopic (exact) mass is 188 g/mol. The van der Waals surface area contributed by atoms with Crippen molar-refractivity contribution >= 4 is 11.6 Å².